The largest absolute Gasteiger partial charge is 0.477 e. The summed E-state index contributed by atoms with van der Waals surface area (Å²) in [5.74, 6) is -2.20. The number of nitrogens with zero attached hydrogens (tertiary/aromatic N) is 8. The first-order valence-electron chi connectivity index (χ1n) is 12.6. The number of thiazole rings is 1. The van der Waals surface area contributed by atoms with Crippen molar-refractivity contribution < 1.29 is 29.1 Å². The van der Waals surface area contributed by atoms with Gasteiger partial charge in [-0.25, -0.2) is 14.5 Å². The van der Waals surface area contributed by atoms with E-state index in [-0.39, 0.29) is 52.2 Å². The average molecular weight is 638 g/mol. The monoisotopic (exact) mass is 637 g/mol. The Labute approximate surface area is 251 Å². The summed E-state index contributed by atoms with van der Waals surface area (Å²) >= 11 is 3.61. The van der Waals surface area contributed by atoms with E-state index in [0.29, 0.717) is 30.4 Å². The molecule has 2 aromatic heterocycles. The zero-order valence-electron chi connectivity index (χ0n) is 22.4. The van der Waals surface area contributed by atoms with Crippen molar-refractivity contribution in [3.05, 3.63) is 22.3 Å². The highest BCUT2D eigenvalue weighted by Crippen LogP contribution is 2.41. The van der Waals surface area contributed by atoms with Crippen molar-refractivity contribution in [2.24, 2.45) is 5.16 Å². The van der Waals surface area contributed by atoms with E-state index in [4.69, 9.17) is 10.6 Å². The summed E-state index contributed by atoms with van der Waals surface area (Å²) in [5.41, 5.74) is 6.03. The number of oxime groups is 1. The van der Waals surface area contributed by atoms with Gasteiger partial charge in [-0.2, -0.15) is 0 Å². The van der Waals surface area contributed by atoms with E-state index in [2.05, 4.69) is 36.3 Å². The van der Waals surface area contributed by atoms with Crippen LogP contribution in [-0.4, -0.2) is 125 Å². The minimum Gasteiger partial charge on any atom is -0.477 e. The fourth-order valence-corrected chi connectivity index (χ4v) is 7.54. The number of nitrogens with two attached hydrogens (primary N) is 1. The number of carbonyl (C=O) groups is 4. The molecule has 20 heteroatoms. The number of piperazine rings is 1. The van der Waals surface area contributed by atoms with E-state index in [9.17, 15) is 24.3 Å². The zero-order chi connectivity index (χ0) is 30.0. The smallest absolute Gasteiger partial charge is 0.352 e. The van der Waals surface area contributed by atoms with Crippen LogP contribution in [0.3, 0.4) is 0 Å². The lowest BCUT2D eigenvalue weighted by atomic mass is 10.0. The average Bonchev–Trinajstić information content (AvgIpc) is 3.60. The summed E-state index contributed by atoms with van der Waals surface area (Å²) < 4.78 is 1.38. The van der Waals surface area contributed by atoms with Crippen molar-refractivity contribution >= 4 is 69.4 Å². The van der Waals surface area contributed by atoms with E-state index < -0.39 is 29.2 Å². The second-order valence-electron chi connectivity index (χ2n) is 9.41. The van der Waals surface area contributed by atoms with Crippen molar-refractivity contribution in [3.63, 3.8) is 0 Å². The molecule has 3 aliphatic rings. The number of aromatic nitrogens is 5. The van der Waals surface area contributed by atoms with Crippen LogP contribution in [0.5, 0.6) is 0 Å². The summed E-state index contributed by atoms with van der Waals surface area (Å²) in [7, 11) is 1.27. The van der Waals surface area contributed by atoms with Crippen LogP contribution in [0, 0.1) is 0 Å². The van der Waals surface area contributed by atoms with Crippen LogP contribution in [0.2, 0.25) is 0 Å². The molecule has 2 fully saturated rings. The van der Waals surface area contributed by atoms with Crippen LogP contribution in [0.15, 0.2) is 27.0 Å². The van der Waals surface area contributed by atoms with Crippen LogP contribution >= 0.6 is 34.9 Å². The number of fused-ring (bicyclic) bond motifs is 1. The SMILES string of the molecule is CO/N=C(/C(=O)NC1C(=O)N2C(C(=O)O)=C(CSc3nnnn3CC(=O)N3CCNC(C)C3)CS[C@H]12)c1csc(N)n1. The molecule has 3 aliphatic heterocycles. The molecule has 42 heavy (non-hydrogen) atoms. The molecule has 2 saturated heterocycles. The van der Waals surface area contributed by atoms with Gasteiger partial charge in [0, 0.05) is 42.6 Å². The lowest BCUT2D eigenvalue weighted by molar-refractivity contribution is -0.150. The highest BCUT2D eigenvalue weighted by atomic mass is 32.2. The van der Waals surface area contributed by atoms with Crippen molar-refractivity contribution in [2.45, 2.75) is 36.1 Å². The van der Waals surface area contributed by atoms with Gasteiger partial charge in [-0.3, -0.25) is 19.3 Å². The minimum absolute atomic E-state index is 0.0441. The second kappa shape index (κ2) is 12.6. The highest BCUT2D eigenvalue weighted by molar-refractivity contribution is 8.01. The van der Waals surface area contributed by atoms with Gasteiger partial charge in [0.1, 0.15) is 36.5 Å². The Bertz CT molecular complexity index is 1460. The lowest BCUT2D eigenvalue weighted by Crippen LogP contribution is -2.71. The fraction of sp³-hybridized carbons (Fsp3) is 0.500. The summed E-state index contributed by atoms with van der Waals surface area (Å²) in [6, 6.07) is -0.787. The Morgan fingerprint density at radius 1 is 1.38 bits per heavy atom. The summed E-state index contributed by atoms with van der Waals surface area (Å²) in [6.45, 7) is 3.84. The molecule has 3 amide bonds. The molecule has 0 radical (unpaired) electrons. The molecule has 5 N–H and O–H groups in total. The van der Waals surface area contributed by atoms with Gasteiger partial charge in [0.2, 0.25) is 11.1 Å². The number of carboxylic acids is 1. The Morgan fingerprint density at radius 2 is 2.19 bits per heavy atom. The number of nitrogens with one attached hydrogen (secondary N) is 2. The van der Waals surface area contributed by atoms with E-state index in [1.165, 1.54) is 45.6 Å². The lowest BCUT2D eigenvalue weighted by Gasteiger charge is -2.49. The number of amides is 3. The van der Waals surface area contributed by atoms with Gasteiger partial charge in [0.05, 0.1) is 0 Å². The van der Waals surface area contributed by atoms with Gasteiger partial charge < -0.3 is 31.2 Å². The first-order valence-corrected chi connectivity index (χ1v) is 15.5. The second-order valence-corrected chi connectivity index (χ2v) is 12.4. The molecule has 0 aromatic carbocycles. The maximum atomic E-state index is 13.1. The number of nitrogen functional groups attached to an aromatic ring is 1. The molecule has 2 aromatic rings. The van der Waals surface area contributed by atoms with Gasteiger partial charge >= 0.3 is 5.97 Å². The normalized spacial score (nSPS) is 22.5. The molecule has 2 unspecified atom stereocenters. The maximum absolute atomic E-state index is 13.1. The standard InChI is InChI=1S/C22H27N11O6S3/c1-10-5-31(4-3-24-10)13(34)6-32-22(27-29-30-32)42-8-11-7-40-19-15(18(36)33(19)16(11)20(37)38)26-17(35)14(28-39-2)12-9-41-21(23)25-12/h9-10,15,19,24H,3-8H2,1-2H3,(H2,23,25)(H,26,35)(H,37,38)/b28-14+/t10?,15?,19-/m1/s1. The number of rotatable bonds is 10. The quantitative estimate of drug-likeness (QED) is 0.0999. The van der Waals surface area contributed by atoms with Crippen molar-refractivity contribution in [1.29, 1.82) is 0 Å². The molecular weight excluding hydrogens is 611 g/mol. The Morgan fingerprint density at radius 3 is 2.88 bits per heavy atom. The number of carboxylic acid groups (broad SMARTS) is 1. The number of β-lactam (4-membered cyclic amide) rings is 1. The zero-order valence-corrected chi connectivity index (χ0v) is 24.9. The number of anilines is 1. The minimum atomic E-state index is -1.27. The predicted octanol–water partition coefficient (Wildman–Crippen LogP) is -1.59. The third-order valence-corrected chi connectivity index (χ3v) is 9.64. The summed E-state index contributed by atoms with van der Waals surface area (Å²) in [5, 5.41) is 32.7. The van der Waals surface area contributed by atoms with Crippen LogP contribution in [0.25, 0.3) is 0 Å². The van der Waals surface area contributed by atoms with Crippen LogP contribution in [0.4, 0.5) is 5.13 Å². The van der Waals surface area contributed by atoms with E-state index >= 15 is 0 Å². The molecule has 0 aliphatic carbocycles. The Balaban J connectivity index is 1.24. The third-order valence-electron chi connectivity index (χ3n) is 6.58. The van der Waals surface area contributed by atoms with E-state index in [1.807, 2.05) is 6.92 Å². The number of thioether (sulfide) groups is 2. The summed E-state index contributed by atoms with van der Waals surface area (Å²) in [4.78, 5) is 62.8. The number of carbonyl (C=O) groups excluding carboxylic acids is 3. The van der Waals surface area contributed by atoms with Gasteiger partial charge in [-0.05, 0) is 22.9 Å². The maximum Gasteiger partial charge on any atom is 0.352 e. The molecule has 17 nitrogen and oxygen atoms in total. The van der Waals surface area contributed by atoms with Crippen LogP contribution in [-0.2, 0) is 30.6 Å². The molecule has 3 atom stereocenters. The topological polar surface area (TPSA) is 223 Å². The van der Waals surface area contributed by atoms with Gasteiger partial charge in [-0.1, -0.05) is 16.9 Å². The van der Waals surface area contributed by atoms with Gasteiger partial charge in [0.25, 0.3) is 11.8 Å². The van der Waals surface area contributed by atoms with E-state index in [0.717, 1.165) is 11.3 Å². The highest BCUT2D eigenvalue weighted by Gasteiger charge is 2.54. The molecule has 5 rings (SSSR count). The summed E-state index contributed by atoms with van der Waals surface area (Å²) in [6.07, 6.45) is 0. The molecule has 0 bridgehead atoms. The first kappa shape index (κ1) is 29.7. The molecule has 5 heterocycles. The molecule has 224 valence electrons. The number of tetrazole rings is 1. The van der Waals surface area contributed by atoms with Crippen LogP contribution in [0.1, 0.15) is 12.6 Å². The molecular formula is C22H27N11O6S3. The van der Waals surface area contributed by atoms with Gasteiger partial charge in [-0.15, -0.1) is 28.2 Å². The van der Waals surface area contributed by atoms with Crippen molar-refractivity contribution in [2.75, 3.05) is 44.0 Å². The molecule has 0 saturated carbocycles. The third kappa shape index (κ3) is 6.05. The van der Waals surface area contributed by atoms with Crippen molar-refractivity contribution in [3.8, 4) is 0 Å². The number of hydrogen-bond donors (Lipinski definition) is 4. The predicted molar refractivity (Wildman–Crippen MR) is 152 cm³/mol. The Hall–Kier alpha value is -3.75. The van der Waals surface area contributed by atoms with Crippen LogP contribution < -0.4 is 16.4 Å². The van der Waals surface area contributed by atoms with Crippen molar-refractivity contribution in [1.82, 2.24) is 45.6 Å². The number of aliphatic carboxylic acids is 1. The fourth-order valence-electron chi connectivity index (χ4n) is 4.63. The first-order chi connectivity index (χ1) is 20.2. The Kier molecular flexibility index (Phi) is 8.94. The van der Waals surface area contributed by atoms with E-state index in [1.54, 1.807) is 4.90 Å². The van der Waals surface area contributed by atoms with Gasteiger partial charge in [0.15, 0.2) is 10.8 Å². The molecule has 0 spiro atoms. The number of hydrogen-bond acceptors (Lipinski definition) is 15.